The Balaban J connectivity index is 2.18. The summed E-state index contributed by atoms with van der Waals surface area (Å²) in [4.78, 5) is 13.0. The normalized spacial score (nSPS) is 10.5. The molecule has 0 unspecified atom stereocenters. The summed E-state index contributed by atoms with van der Waals surface area (Å²) in [6.07, 6.45) is 0.496. The van der Waals surface area contributed by atoms with E-state index in [1.54, 1.807) is 22.7 Å². The average molecular weight is 301 g/mol. The SMILES string of the molecule is Cc1cscc1C(=O)Cc1sccc1Br. The summed E-state index contributed by atoms with van der Waals surface area (Å²) >= 11 is 6.64. The van der Waals surface area contributed by atoms with Gasteiger partial charge in [0.25, 0.3) is 0 Å². The highest BCUT2D eigenvalue weighted by Crippen LogP contribution is 2.25. The number of thiophene rings is 2. The molecule has 0 radical (unpaired) electrons. The Morgan fingerprint density at radius 2 is 2.27 bits per heavy atom. The van der Waals surface area contributed by atoms with Crippen molar-refractivity contribution in [1.29, 1.82) is 0 Å². The number of carbonyl (C=O) groups is 1. The minimum absolute atomic E-state index is 0.205. The fraction of sp³-hybridized carbons (Fsp3) is 0.182. The highest BCUT2D eigenvalue weighted by Gasteiger charge is 2.12. The van der Waals surface area contributed by atoms with E-state index in [-0.39, 0.29) is 5.78 Å². The minimum Gasteiger partial charge on any atom is -0.294 e. The molecule has 2 aromatic rings. The fourth-order valence-corrected chi connectivity index (χ4v) is 3.68. The Morgan fingerprint density at radius 3 is 2.80 bits per heavy atom. The lowest BCUT2D eigenvalue weighted by molar-refractivity contribution is 0.0993. The molecule has 0 saturated carbocycles. The van der Waals surface area contributed by atoms with E-state index in [0.717, 1.165) is 20.5 Å². The van der Waals surface area contributed by atoms with Crippen molar-refractivity contribution >= 4 is 44.4 Å². The van der Waals surface area contributed by atoms with Gasteiger partial charge in [-0.3, -0.25) is 4.79 Å². The van der Waals surface area contributed by atoms with Gasteiger partial charge in [-0.1, -0.05) is 0 Å². The highest BCUT2D eigenvalue weighted by atomic mass is 79.9. The van der Waals surface area contributed by atoms with Crippen LogP contribution in [0.3, 0.4) is 0 Å². The molecule has 0 atom stereocenters. The summed E-state index contributed by atoms with van der Waals surface area (Å²) in [7, 11) is 0. The van der Waals surface area contributed by atoms with E-state index in [4.69, 9.17) is 0 Å². The number of carbonyl (C=O) groups excluding carboxylic acids is 1. The van der Waals surface area contributed by atoms with Gasteiger partial charge >= 0.3 is 0 Å². The Hall–Kier alpha value is -0.450. The van der Waals surface area contributed by atoms with Crippen LogP contribution in [0.1, 0.15) is 20.8 Å². The Labute approximate surface area is 105 Å². The van der Waals surface area contributed by atoms with Crippen molar-refractivity contribution in [1.82, 2.24) is 0 Å². The summed E-state index contributed by atoms with van der Waals surface area (Å²) in [6, 6.07) is 1.98. The molecule has 0 aliphatic heterocycles. The third-order valence-electron chi connectivity index (χ3n) is 2.17. The summed E-state index contributed by atoms with van der Waals surface area (Å²) in [5, 5.41) is 5.93. The van der Waals surface area contributed by atoms with E-state index in [2.05, 4.69) is 15.9 Å². The molecule has 15 heavy (non-hydrogen) atoms. The second-order valence-electron chi connectivity index (χ2n) is 3.26. The molecule has 0 fully saturated rings. The minimum atomic E-state index is 0.205. The maximum Gasteiger partial charge on any atom is 0.169 e. The zero-order chi connectivity index (χ0) is 10.8. The number of Topliss-reactive ketones (excluding diaryl/α,β-unsaturated/α-hetero) is 1. The van der Waals surface area contributed by atoms with E-state index in [1.807, 2.05) is 29.1 Å². The summed E-state index contributed by atoms with van der Waals surface area (Å²) in [5.41, 5.74) is 1.94. The Bertz CT molecular complexity index is 484. The van der Waals surface area contributed by atoms with Crippen LogP contribution in [0.4, 0.5) is 0 Å². The van der Waals surface area contributed by atoms with Crippen molar-refractivity contribution in [3.8, 4) is 0 Å². The van der Waals surface area contributed by atoms with Gasteiger partial charge in [-0.05, 0) is 45.2 Å². The number of aryl methyl sites for hydroxylation is 1. The topological polar surface area (TPSA) is 17.1 Å². The van der Waals surface area contributed by atoms with Crippen LogP contribution in [0, 0.1) is 6.92 Å². The molecular weight excluding hydrogens is 292 g/mol. The molecule has 0 amide bonds. The Morgan fingerprint density at radius 1 is 1.47 bits per heavy atom. The van der Waals surface area contributed by atoms with Crippen molar-refractivity contribution in [2.45, 2.75) is 13.3 Å². The van der Waals surface area contributed by atoms with Crippen LogP contribution in [0.25, 0.3) is 0 Å². The lowest BCUT2D eigenvalue weighted by Crippen LogP contribution is -2.02. The molecule has 0 saturated heterocycles. The van der Waals surface area contributed by atoms with Gasteiger partial charge in [0.1, 0.15) is 0 Å². The van der Waals surface area contributed by atoms with E-state index in [9.17, 15) is 4.79 Å². The van der Waals surface area contributed by atoms with Crippen molar-refractivity contribution < 1.29 is 4.79 Å². The van der Waals surface area contributed by atoms with E-state index in [0.29, 0.717) is 6.42 Å². The van der Waals surface area contributed by atoms with Crippen LogP contribution in [-0.2, 0) is 6.42 Å². The van der Waals surface area contributed by atoms with Gasteiger partial charge < -0.3 is 0 Å². The number of hydrogen-bond donors (Lipinski definition) is 0. The quantitative estimate of drug-likeness (QED) is 0.772. The largest absolute Gasteiger partial charge is 0.294 e. The van der Waals surface area contributed by atoms with Crippen LogP contribution >= 0.6 is 38.6 Å². The predicted octanol–water partition coefficient (Wildman–Crippen LogP) is 4.31. The molecule has 0 aromatic carbocycles. The standard InChI is InChI=1S/C11H9BrOS2/c1-7-5-14-6-8(7)10(13)4-11-9(12)2-3-15-11/h2-3,5-6H,4H2,1H3. The van der Waals surface area contributed by atoms with E-state index < -0.39 is 0 Å². The van der Waals surface area contributed by atoms with Crippen molar-refractivity contribution in [2.24, 2.45) is 0 Å². The molecule has 4 heteroatoms. The predicted molar refractivity (Wildman–Crippen MR) is 69.1 cm³/mol. The molecule has 2 aromatic heterocycles. The molecule has 0 spiro atoms. The number of rotatable bonds is 3. The number of halogens is 1. The molecule has 2 heterocycles. The van der Waals surface area contributed by atoms with Gasteiger partial charge in [0, 0.05) is 26.7 Å². The van der Waals surface area contributed by atoms with Gasteiger partial charge in [-0.15, -0.1) is 11.3 Å². The third-order valence-corrected chi connectivity index (χ3v) is 4.96. The van der Waals surface area contributed by atoms with Gasteiger partial charge in [0.15, 0.2) is 5.78 Å². The Kier molecular flexibility index (Phi) is 3.38. The van der Waals surface area contributed by atoms with E-state index in [1.165, 1.54) is 0 Å². The molecule has 0 aliphatic carbocycles. The van der Waals surface area contributed by atoms with E-state index >= 15 is 0 Å². The average Bonchev–Trinajstić information content (AvgIpc) is 2.76. The molecule has 0 bridgehead atoms. The highest BCUT2D eigenvalue weighted by molar-refractivity contribution is 9.10. The van der Waals surface area contributed by atoms with Crippen LogP contribution < -0.4 is 0 Å². The first-order chi connectivity index (χ1) is 7.18. The molecular formula is C11H9BrOS2. The first-order valence-corrected chi connectivity index (χ1v) is 7.08. The molecule has 1 nitrogen and oxygen atoms in total. The van der Waals surface area contributed by atoms with Gasteiger partial charge in [-0.2, -0.15) is 11.3 Å². The summed E-state index contributed by atoms with van der Waals surface area (Å²) in [5.74, 6) is 0.205. The van der Waals surface area contributed by atoms with Crippen LogP contribution in [-0.4, -0.2) is 5.78 Å². The van der Waals surface area contributed by atoms with Crippen molar-refractivity contribution in [3.05, 3.63) is 42.7 Å². The zero-order valence-electron chi connectivity index (χ0n) is 8.12. The third kappa shape index (κ3) is 2.38. The van der Waals surface area contributed by atoms with Gasteiger partial charge in [0.2, 0.25) is 0 Å². The fourth-order valence-electron chi connectivity index (χ4n) is 1.34. The second kappa shape index (κ2) is 4.60. The summed E-state index contributed by atoms with van der Waals surface area (Å²) in [6.45, 7) is 1.98. The smallest absolute Gasteiger partial charge is 0.169 e. The molecule has 2 rings (SSSR count). The second-order valence-corrected chi connectivity index (χ2v) is 5.86. The molecule has 0 aliphatic rings. The molecule has 78 valence electrons. The lowest BCUT2D eigenvalue weighted by Gasteiger charge is -1.98. The zero-order valence-corrected chi connectivity index (χ0v) is 11.3. The number of hydrogen-bond acceptors (Lipinski definition) is 3. The lowest BCUT2D eigenvalue weighted by atomic mass is 10.1. The van der Waals surface area contributed by atoms with Crippen LogP contribution in [0.5, 0.6) is 0 Å². The van der Waals surface area contributed by atoms with Crippen LogP contribution in [0.15, 0.2) is 26.7 Å². The summed E-state index contributed by atoms with van der Waals surface area (Å²) < 4.78 is 1.04. The maximum atomic E-state index is 11.9. The van der Waals surface area contributed by atoms with Crippen molar-refractivity contribution in [3.63, 3.8) is 0 Å². The van der Waals surface area contributed by atoms with Crippen LogP contribution in [0.2, 0.25) is 0 Å². The monoisotopic (exact) mass is 300 g/mol. The first-order valence-electron chi connectivity index (χ1n) is 4.46. The van der Waals surface area contributed by atoms with Gasteiger partial charge in [-0.25, -0.2) is 0 Å². The molecule has 0 N–H and O–H groups in total. The van der Waals surface area contributed by atoms with Crippen molar-refractivity contribution in [2.75, 3.05) is 0 Å². The first kappa shape index (κ1) is 11.0. The maximum absolute atomic E-state index is 11.9. The number of ketones is 1. The van der Waals surface area contributed by atoms with Gasteiger partial charge in [0.05, 0.1) is 0 Å².